The summed E-state index contributed by atoms with van der Waals surface area (Å²) in [4.78, 5) is 14.6. The molecule has 0 bridgehead atoms. The number of rotatable bonds is 9. The van der Waals surface area contributed by atoms with Gasteiger partial charge < -0.3 is 19.7 Å². The highest BCUT2D eigenvalue weighted by molar-refractivity contribution is 5.94. The number of carbonyl (C=O) groups is 1. The predicted molar refractivity (Wildman–Crippen MR) is 104 cm³/mol. The first-order valence-electron chi connectivity index (χ1n) is 8.48. The molecule has 0 aliphatic carbocycles. The first kappa shape index (κ1) is 19.5. The van der Waals surface area contributed by atoms with E-state index in [1.807, 2.05) is 32.3 Å². The lowest BCUT2D eigenvalue weighted by atomic mass is 10.1. The van der Waals surface area contributed by atoms with Crippen molar-refractivity contribution in [3.05, 3.63) is 72.3 Å². The molecule has 0 aromatic heterocycles. The van der Waals surface area contributed by atoms with Crippen LogP contribution < -0.4 is 14.8 Å². The van der Waals surface area contributed by atoms with E-state index in [2.05, 4.69) is 28.9 Å². The number of benzene rings is 2. The lowest BCUT2D eigenvalue weighted by molar-refractivity contribution is 0.0941. The lowest BCUT2D eigenvalue weighted by Gasteiger charge is -2.25. The van der Waals surface area contributed by atoms with Gasteiger partial charge in [0.2, 0.25) is 0 Å². The average molecular weight is 354 g/mol. The summed E-state index contributed by atoms with van der Waals surface area (Å²) in [6.45, 7) is 4.51. The van der Waals surface area contributed by atoms with E-state index >= 15 is 0 Å². The molecular formula is C21H26N2O3. The van der Waals surface area contributed by atoms with Gasteiger partial charge in [0.1, 0.15) is 6.61 Å². The number of ether oxygens (including phenoxy) is 2. The highest BCUT2D eigenvalue weighted by atomic mass is 16.5. The fourth-order valence-electron chi connectivity index (χ4n) is 2.64. The number of carbonyl (C=O) groups excluding carboxylic acids is 1. The van der Waals surface area contributed by atoms with E-state index in [1.165, 1.54) is 0 Å². The number of hydrogen-bond acceptors (Lipinski definition) is 4. The zero-order valence-corrected chi connectivity index (χ0v) is 15.6. The van der Waals surface area contributed by atoms with E-state index in [-0.39, 0.29) is 11.9 Å². The van der Waals surface area contributed by atoms with Crippen molar-refractivity contribution in [2.24, 2.45) is 0 Å². The largest absolute Gasteiger partial charge is 0.493 e. The summed E-state index contributed by atoms with van der Waals surface area (Å²) in [5.41, 5.74) is 1.68. The molecule has 1 N–H and O–H groups in total. The third-order valence-electron chi connectivity index (χ3n) is 4.05. The van der Waals surface area contributed by atoms with E-state index in [9.17, 15) is 4.79 Å². The van der Waals surface area contributed by atoms with Crippen molar-refractivity contribution in [3.8, 4) is 11.5 Å². The zero-order chi connectivity index (χ0) is 18.9. The molecule has 2 aromatic carbocycles. The Balaban J connectivity index is 2.07. The van der Waals surface area contributed by atoms with Crippen LogP contribution in [0, 0.1) is 0 Å². The number of amides is 1. The van der Waals surface area contributed by atoms with Gasteiger partial charge in [-0.2, -0.15) is 0 Å². The normalized spacial score (nSPS) is 11.7. The second-order valence-electron chi connectivity index (χ2n) is 6.07. The van der Waals surface area contributed by atoms with Gasteiger partial charge in [-0.3, -0.25) is 4.79 Å². The molecule has 1 amide bonds. The highest BCUT2D eigenvalue weighted by Gasteiger charge is 2.16. The minimum Gasteiger partial charge on any atom is -0.493 e. The van der Waals surface area contributed by atoms with E-state index < -0.39 is 0 Å². The molecule has 1 atom stereocenters. The van der Waals surface area contributed by atoms with Gasteiger partial charge >= 0.3 is 0 Å². The number of nitrogens with one attached hydrogen (secondary N) is 1. The summed E-state index contributed by atoms with van der Waals surface area (Å²) >= 11 is 0. The molecule has 0 aliphatic heterocycles. The van der Waals surface area contributed by atoms with Gasteiger partial charge in [0.15, 0.2) is 11.5 Å². The number of nitrogens with zero attached hydrogens (tertiary/aromatic N) is 1. The Kier molecular flexibility index (Phi) is 7.24. The number of methoxy groups -OCH3 is 1. The van der Waals surface area contributed by atoms with Gasteiger partial charge in [0, 0.05) is 12.1 Å². The standard InChI is InChI=1S/C21H26N2O3/c1-5-13-26-19-12-11-17(14-20(19)25-4)21(24)22-15-18(23(2)3)16-9-7-6-8-10-16/h5-12,14,18H,1,13,15H2,2-4H3,(H,22,24). The number of likely N-dealkylation sites (N-methyl/N-ethyl adjacent to an activating group) is 1. The Labute approximate surface area is 155 Å². The third kappa shape index (κ3) is 5.10. The monoisotopic (exact) mass is 354 g/mol. The Morgan fingerprint density at radius 1 is 1.19 bits per heavy atom. The molecule has 1 unspecified atom stereocenters. The molecule has 0 radical (unpaired) electrons. The lowest BCUT2D eigenvalue weighted by Crippen LogP contribution is -2.34. The Morgan fingerprint density at radius 2 is 1.92 bits per heavy atom. The summed E-state index contributed by atoms with van der Waals surface area (Å²) in [5, 5.41) is 3.00. The maximum atomic E-state index is 12.6. The van der Waals surface area contributed by atoms with Crippen LogP contribution in [0.15, 0.2) is 61.2 Å². The van der Waals surface area contributed by atoms with Gasteiger partial charge in [-0.15, -0.1) is 0 Å². The van der Waals surface area contributed by atoms with E-state index in [4.69, 9.17) is 9.47 Å². The predicted octanol–water partition coefficient (Wildman–Crippen LogP) is 3.29. The number of hydrogen-bond donors (Lipinski definition) is 1. The van der Waals surface area contributed by atoms with Crippen LogP contribution >= 0.6 is 0 Å². The first-order valence-corrected chi connectivity index (χ1v) is 8.48. The molecule has 0 fully saturated rings. The molecule has 0 heterocycles. The second kappa shape index (κ2) is 9.63. The summed E-state index contributed by atoms with van der Waals surface area (Å²) in [6.07, 6.45) is 1.66. The molecule has 0 aliphatic rings. The maximum absolute atomic E-state index is 12.6. The molecule has 2 aromatic rings. The quantitative estimate of drug-likeness (QED) is 0.702. The van der Waals surface area contributed by atoms with Crippen molar-refractivity contribution in [2.45, 2.75) is 6.04 Å². The Hall–Kier alpha value is -2.79. The van der Waals surface area contributed by atoms with Crippen molar-refractivity contribution < 1.29 is 14.3 Å². The van der Waals surface area contributed by atoms with Gasteiger partial charge in [0.05, 0.1) is 13.2 Å². The molecule has 0 saturated carbocycles. The van der Waals surface area contributed by atoms with Crippen molar-refractivity contribution in [3.63, 3.8) is 0 Å². The molecule has 138 valence electrons. The molecule has 0 spiro atoms. The SMILES string of the molecule is C=CCOc1ccc(C(=O)NCC(c2ccccc2)N(C)C)cc1OC. The van der Waals surface area contributed by atoms with Crippen molar-refractivity contribution in [1.82, 2.24) is 10.2 Å². The van der Waals surface area contributed by atoms with E-state index in [0.29, 0.717) is 30.2 Å². The first-order chi connectivity index (χ1) is 12.6. The van der Waals surface area contributed by atoms with Crippen molar-refractivity contribution in [2.75, 3.05) is 34.4 Å². The van der Waals surface area contributed by atoms with Crippen molar-refractivity contribution in [1.29, 1.82) is 0 Å². The van der Waals surface area contributed by atoms with Gasteiger partial charge in [-0.25, -0.2) is 0 Å². The minimum atomic E-state index is -0.152. The van der Waals surface area contributed by atoms with Gasteiger partial charge in [-0.05, 0) is 37.9 Å². The van der Waals surface area contributed by atoms with Crippen LogP contribution in [0.25, 0.3) is 0 Å². The van der Waals surface area contributed by atoms with Crippen LogP contribution in [-0.2, 0) is 0 Å². The smallest absolute Gasteiger partial charge is 0.251 e. The van der Waals surface area contributed by atoms with Crippen molar-refractivity contribution >= 4 is 5.91 Å². The highest BCUT2D eigenvalue weighted by Crippen LogP contribution is 2.28. The average Bonchev–Trinajstić information content (AvgIpc) is 2.66. The molecule has 5 nitrogen and oxygen atoms in total. The van der Waals surface area contributed by atoms with Crippen LogP contribution in [0.4, 0.5) is 0 Å². The molecular weight excluding hydrogens is 328 g/mol. The van der Waals surface area contributed by atoms with Crippen LogP contribution in [0.2, 0.25) is 0 Å². The Morgan fingerprint density at radius 3 is 2.54 bits per heavy atom. The van der Waals surface area contributed by atoms with Gasteiger partial charge in [0.25, 0.3) is 5.91 Å². The van der Waals surface area contributed by atoms with Crippen LogP contribution in [0.1, 0.15) is 22.0 Å². The summed E-state index contributed by atoms with van der Waals surface area (Å²) in [5.74, 6) is 0.951. The Bertz CT molecular complexity index is 729. The van der Waals surface area contributed by atoms with Crippen LogP contribution in [0.3, 0.4) is 0 Å². The summed E-state index contributed by atoms with van der Waals surface area (Å²) in [7, 11) is 5.55. The summed E-state index contributed by atoms with van der Waals surface area (Å²) < 4.78 is 10.8. The van der Waals surface area contributed by atoms with E-state index in [0.717, 1.165) is 5.56 Å². The molecule has 26 heavy (non-hydrogen) atoms. The molecule has 2 rings (SSSR count). The van der Waals surface area contributed by atoms with Gasteiger partial charge in [-0.1, -0.05) is 43.0 Å². The second-order valence-corrected chi connectivity index (χ2v) is 6.07. The minimum absolute atomic E-state index is 0.0947. The van der Waals surface area contributed by atoms with Crippen LogP contribution in [0.5, 0.6) is 11.5 Å². The molecule has 0 saturated heterocycles. The topological polar surface area (TPSA) is 50.8 Å². The fourth-order valence-corrected chi connectivity index (χ4v) is 2.64. The maximum Gasteiger partial charge on any atom is 0.251 e. The van der Waals surface area contributed by atoms with E-state index in [1.54, 1.807) is 31.4 Å². The zero-order valence-electron chi connectivity index (χ0n) is 15.6. The van der Waals surface area contributed by atoms with Crippen LogP contribution in [-0.4, -0.2) is 45.2 Å². The summed E-state index contributed by atoms with van der Waals surface area (Å²) in [6, 6.07) is 15.3. The molecule has 5 heteroatoms. The third-order valence-corrected chi connectivity index (χ3v) is 4.05. The fraction of sp³-hybridized carbons (Fsp3) is 0.286.